The van der Waals surface area contributed by atoms with Gasteiger partial charge < -0.3 is 10.4 Å². The Morgan fingerprint density at radius 3 is 2.90 bits per heavy atom. The molecule has 0 atom stereocenters. The number of aryl methyl sites for hydroxylation is 2. The van der Waals surface area contributed by atoms with Gasteiger partial charge in [-0.25, -0.2) is 0 Å². The van der Waals surface area contributed by atoms with Crippen molar-refractivity contribution in [2.45, 2.75) is 20.3 Å². The predicted molar refractivity (Wildman–Crippen MR) is 86.8 cm³/mol. The van der Waals surface area contributed by atoms with Crippen LogP contribution < -0.4 is 5.32 Å². The van der Waals surface area contributed by atoms with Gasteiger partial charge in [0.25, 0.3) is 5.91 Å². The van der Waals surface area contributed by atoms with E-state index in [0.717, 1.165) is 28.0 Å². The van der Waals surface area contributed by atoms with Gasteiger partial charge in [-0.2, -0.15) is 0 Å². The fraction of sp³-hybridized carbons (Fsp3) is 0.235. The quantitative estimate of drug-likeness (QED) is 0.855. The van der Waals surface area contributed by atoms with E-state index in [4.69, 9.17) is 5.11 Å². The highest BCUT2D eigenvalue weighted by Gasteiger charge is 2.12. The van der Waals surface area contributed by atoms with E-state index in [1.165, 1.54) is 11.3 Å². The van der Waals surface area contributed by atoms with E-state index < -0.39 is 0 Å². The molecule has 1 amide bonds. The predicted octanol–water partition coefficient (Wildman–Crippen LogP) is 3.22. The molecule has 0 spiro atoms. The first-order chi connectivity index (χ1) is 10.2. The van der Waals surface area contributed by atoms with Crippen LogP contribution in [-0.2, 0) is 6.42 Å². The zero-order valence-electron chi connectivity index (χ0n) is 12.1. The molecular formula is C17H17NO2S. The Morgan fingerprint density at radius 2 is 2.19 bits per heavy atom. The van der Waals surface area contributed by atoms with Crippen LogP contribution in [0.15, 0.2) is 29.6 Å². The van der Waals surface area contributed by atoms with Crippen LogP contribution in [0.4, 0.5) is 5.69 Å². The SMILES string of the molecule is CCc1ccsc1C(=O)Nc1ccc(C)c(C#CCO)c1. The number of nitrogens with one attached hydrogen (secondary N) is 1. The number of anilines is 1. The average molecular weight is 299 g/mol. The highest BCUT2D eigenvalue weighted by molar-refractivity contribution is 7.12. The Bertz CT molecular complexity index is 707. The molecule has 1 aromatic heterocycles. The molecule has 2 N–H and O–H groups in total. The van der Waals surface area contributed by atoms with E-state index >= 15 is 0 Å². The summed E-state index contributed by atoms with van der Waals surface area (Å²) in [6.45, 7) is 3.81. The van der Waals surface area contributed by atoms with Crippen LogP contribution in [-0.4, -0.2) is 17.6 Å². The molecule has 0 aliphatic carbocycles. The Hall–Kier alpha value is -2.09. The maximum Gasteiger partial charge on any atom is 0.266 e. The normalized spacial score (nSPS) is 9.86. The van der Waals surface area contributed by atoms with Crippen molar-refractivity contribution in [1.82, 2.24) is 0 Å². The summed E-state index contributed by atoms with van der Waals surface area (Å²) in [5.41, 5.74) is 3.59. The van der Waals surface area contributed by atoms with E-state index in [0.29, 0.717) is 5.69 Å². The minimum atomic E-state index is -0.176. The molecule has 0 aliphatic rings. The first-order valence-electron chi connectivity index (χ1n) is 6.73. The summed E-state index contributed by atoms with van der Waals surface area (Å²) in [6.07, 6.45) is 0.841. The van der Waals surface area contributed by atoms with Crippen LogP contribution in [0.5, 0.6) is 0 Å². The number of benzene rings is 1. The topological polar surface area (TPSA) is 49.3 Å². The number of carbonyl (C=O) groups is 1. The van der Waals surface area contributed by atoms with Gasteiger partial charge in [-0.3, -0.25) is 4.79 Å². The summed E-state index contributed by atoms with van der Waals surface area (Å²) in [6, 6.07) is 7.57. The van der Waals surface area contributed by atoms with Crippen LogP contribution in [0.1, 0.15) is 33.3 Å². The molecular weight excluding hydrogens is 282 g/mol. The highest BCUT2D eigenvalue weighted by atomic mass is 32.1. The van der Waals surface area contributed by atoms with Gasteiger partial charge in [0.15, 0.2) is 0 Å². The van der Waals surface area contributed by atoms with E-state index in [-0.39, 0.29) is 12.5 Å². The molecule has 0 bridgehead atoms. The minimum Gasteiger partial charge on any atom is -0.384 e. The lowest BCUT2D eigenvalue weighted by Gasteiger charge is -2.07. The molecule has 2 aromatic rings. The van der Waals surface area contributed by atoms with Crippen molar-refractivity contribution in [2.75, 3.05) is 11.9 Å². The van der Waals surface area contributed by atoms with Crippen LogP contribution in [0.25, 0.3) is 0 Å². The number of amides is 1. The molecule has 4 heteroatoms. The van der Waals surface area contributed by atoms with Crippen LogP contribution in [0.3, 0.4) is 0 Å². The van der Waals surface area contributed by atoms with Gasteiger partial charge in [0.2, 0.25) is 0 Å². The van der Waals surface area contributed by atoms with Crippen molar-refractivity contribution in [3.8, 4) is 11.8 Å². The Balaban J connectivity index is 2.22. The van der Waals surface area contributed by atoms with E-state index in [2.05, 4.69) is 17.2 Å². The van der Waals surface area contributed by atoms with Gasteiger partial charge in [0, 0.05) is 11.3 Å². The summed E-state index contributed by atoms with van der Waals surface area (Å²) in [5, 5.41) is 13.6. The Kier molecular flexibility index (Phi) is 5.15. The molecule has 0 saturated heterocycles. The standard InChI is InChI=1S/C17H17NO2S/c1-3-13-8-10-21-16(13)17(20)18-15-7-6-12(2)14(11-15)5-4-9-19/h6-8,10-11,19H,3,9H2,1-2H3,(H,18,20). The lowest BCUT2D eigenvalue weighted by atomic mass is 10.1. The Morgan fingerprint density at radius 1 is 1.38 bits per heavy atom. The summed E-state index contributed by atoms with van der Waals surface area (Å²) >= 11 is 1.45. The molecule has 0 fully saturated rings. The lowest BCUT2D eigenvalue weighted by molar-refractivity contribution is 0.103. The number of carbonyl (C=O) groups excluding carboxylic acids is 1. The molecule has 3 nitrogen and oxygen atoms in total. The lowest BCUT2D eigenvalue weighted by Crippen LogP contribution is -2.12. The molecule has 0 unspecified atom stereocenters. The summed E-state index contributed by atoms with van der Waals surface area (Å²) in [5.74, 6) is 5.42. The zero-order valence-corrected chi connectivity index (χ0v) is 12.9. The summed E-state index contributed by atoms with van der Waals surface area (Å²) in [7, 11) is 0. The van der Waals surface area contributed by atoms with Crippen LogP contribution in [0, 0.1) is 18.8 Å². The van der Waals surface area contributed by atoms with Gasteiger partial charge in [0.1, 0.15) is 6.61 Å². The molecule has 0 radical (unpaired) electrons. The Labute approximate surface area is 128 Å². The van der Waals surface area contributed by atoms with Crippen LogP contribution >= 0.6 is 11.3 Å². The summed E-state index contributed by atoms with van der Waals surface area (Å²) in [4.78, 5) is 13.0. The number of hydrogen-bond donors (Lipinski definition) is 2. The summed E-state index contributed by atoms with van der Waals surface area (Å²) < 4.78 is 0. The molecule has 21 heavy (non-hydrogen) atoms. The second-order valence-electron chi connectivity index (χ2n) is 4.57. The van der Waals surface area contributed by atoms with Crippen molar-refractivity contribution < 1.29 is 9.90 Å². The number of rotatable bonds is 3. The third kappa shape index (κ3) is 3.72. The molecule has 2 rings (SSSR count). The second kappa shape index (κ2) is 7.07. The van der Waals surface area contributed by atoms with Crippen molar-refractivity contribution in [2.24, 2.45) is 0 Å². The van der Waals surface area contributed by atoms with Gasteiger partial charge in [-0.1, -0.05) is 24.8 Å². The second-order valence-corrected chi connectivity index (χ2v) is 5.49. The van der Waals surface area contributed by atoms with Gasteiger partial charge in [0.05, 0.1) is 4.88 Å². The third-order valence-electron chi connectivity index (χ3n) is 3.13. The molecule has 108 valence electrons. The average Bonchev–Trinajstić information content (AvgIpc) is 2.96. The molecule has 1 aromatic carbocycles. The largest absolute Gasteiger partial charge is 0.384 e. The molecule has 0 aliphatic heterocycles. The van der Waals surface area contributed by atoms with Crippen molar-refractivity contribution in [3.63, 3.8) is 0 Å². The monoisotopic (exact) mass is 299 g/mol. The number of aliphatic hydroxyl groups is 1. The minimum absolute atomic E-state index is 0.0910. The van der Waals surface area contributed by atoms with Crippen LogP contribution in [0.2, 0.25) is 0 Å². The number of aliphatic hydroxyl groups excluding tert-OH is 1. The fourth-order valence-electron chi connectivity index (χ4n) is 1.97. The van der Waals surface area contributed by atoms with Gasteiger partial charge in [-0.15, -0.1) is 11.3 Å². The van der Waals surface area contributed by atoms with E-state index in [9.17, 15) is 4.79 Å². The smallest absolute Gasteiger partial charge is 0.266 e. The van der Waals surface area contributed by atoms with Gasteiger partial charge in [-0.05, 0) is 48.1 Å². The maximum atomic E-state index is 12.3. The third-order valence-corrected chi connectivity index (χ3v) is 4.09. The first-order valence-corrected chi connectivity index (χ1v) is 7.61. The van der Waals surface area contributed by atoms with Crippen molar-refractivity contribution in [1.29, 1.82) is 0 Å². The highest BCUT2D eigenvalue weighted by Crippen LogP contribution is 2.20. The van der Waals surface area contributed by atoms with Crippen molar-refractivity contribution in [3.05, 3.63) is 51.2 Å². The molecule has 1 heterocycles. The van der Waals surface area contributed by atoms with Crippen molar-refractivity contribution >= 4 is 22.9 Å². The zero-order chi connectivity index (χ0) is 15.2. The fourth-order valence-corrected chi connectivity index (χ4v) is 2.86. The van der Waals surface area contributed by atoms with E-state index in [1.54, 1.807) is 0 Å². The first kappa shape index (κ1) is 15.3. The number of hydrogen-bond acceptors (Lipinski definition) is 3. The molecule has 0 saturated carbocycles. The number of thiophene rings is 1. The van der Waals surface area contributed by atoms with E-state index in [1.807, 2.05) is 43.5 Å². The van der Waals surface area contributed by atoms with Gasteiger partial charge >= 0.3 is 0 Å². The maximum absolute atomic E-state index is 12.3.